The van der Waals surface area contributed by atoms with Crippen LogP contribution in [0.4, 0.5) is 4.79 Å². The highest BCUT2D eigenvalue weighted by molar-refractivity contribution is 6.06. The molecule has 8 nitrogen and oxygen atoms in total. The summed E-state index contributed by atoms with van der Waals surface area (Å²) in [5, 5.41) is 6.43. The number of nitrogens with zero attached hydrogens (tertiary/aromatic N) is 4. The third-order valence-corrected chi connectivity index (χ3v) is 3.52. The summed E-state index contributed by atoms with van der Waals surface area (Å²) in [6, 6.07) is -0.0808. The van der Waals surface area contributed by atoms with Gasteiger partial charge in [0.25, 0.3) is 5.91 Å². The molecule has 1 aliphatic rings. The summed E-state index contributed by atoms with van der Waals surface area (Å²) >= 11 is 0. The first kappa shape index (κ1) is 15.4. The maximum absolute atomic E-state index is 12.1. The molecule has 2 heterocycles. The third-order valence-electron chi connectivity index (χ3n) is 3.52. The Morgan fingerprint density at radius 3 is 2.57 bits per heavy atom. The standard InChI is InChI=1S/C13H21N5O3/c1-8(2)17(5)7-10-14-9(16-21-10)6-18-11(19)13(3,4)15-12(18)20/h8H,6-7H2,1-5H3,(H,15,20). The second kappa shape index (κ2) is 5.44. The van der Waals surface area contributed by atoms with Crippen molar-refractivity contribution in [1.29, 1.82) is 0 Å². The first-order valence-electron chi connectivity index (χ1n) is 6.86. The molecular formula is C13H21N5O3. The van der Waals surface area contributed by atoms with Gasteiger partial charge in [0, 0.05) is 6.04 Å². The minimum absolute atomic E-state index is 0.0169. The fourth-order valence-corrected chi connectivity index (χ4v) is 1.92. The number of carbonyl (C=O) groups excluding carboxylic acids is 2. The molecule has 0 atom stereocenters. The molecule has 3 amide bonds. The molecule has 0 spiro atoms. The number of urea groups is 1. The van der Waals surface area contributed by atoms with Gasteiger partial charge in [-0.15, -0.1) is 0 Å². The summed E-state index contributed by atoms with van der Waals surface area (Å²) in [6.07, 6.45) is 0. The highest BCUT2D eigenvalue weighted by Gasteiger charge is 2.44. The number of amides is 3. The van der Waals surface area contributed by atoms with Gasteiger partial charge >= 0.3 is 6.03 Å². The van der Waals surface area contributed by atoms with Gasteiger partial charge in [0.05, 0.1) is 13.1 Å². The monoisotopic (exact) mass is 295 g/mol. The SMILES string of the molecule is CC(C)N(C)Cc1nc(CN2C(=O)NC(C)(C)C2=O)no1. The van der Waals surface area contributed by atoms with Crippen LogP contribution in [0.15, 0.2) is 4.52 Å². The van der Waals surface area contributed by atoms with Crippen molar-refractivity contribution >= 4 is 11.9 Å². The lowest BCUT2D eigenvalue weighted by molar-refractivity contribution is -0.130. The Morgan fingerprint density at radius 2 is 2.05 bits per heavy atom. The molecule has 8 heteroatoms. The lowest BCUT2D eigenvalue weighted by Gasteiger charge is -2.18. The summed E-state index contributed by atoms with van der Waals surface area (Å²) in [5.74, 6) is 0.494. The summed E-state index contributed by atoms with van der Waals surface area (Å²) in [4.78, 5) is 31.2. The van der Waals surface area contributed by atoms with Gasteiger partial charge in [-0.1, -0.05) is 5.16 Å². The van der Waals surface area contributed by atoms with Gasteiger partial charge in [0.2, 0.25) is 5.89 Å². The zero-order chi connectivity index (χ0) is 15.8. The van der Waals surface area contributed by atoms with Gasteiger partial charge in [-0.3, -0.25) is 14.6 Å². The van der Waals surface area contributed by atoms with Gasteiger partial charge in [0.15, 0.2) is 5.82 Å². The average molecular weight is 295 g/mol. The molecule has 1 aliphatic heterocycles. The fraction of sp³-hybridized carbons (Fsp3) is 0.692. The molecule has 0 unspecified atom stereocenters. The molecule has 0 saturated carbocycles. The van der Waals surface area contributed by atoms with E-state index >= 15 is 0 Å². The lowest BCUT2D eigenvalue weighted by atomic mass is 10.1. The van der Waals surface area contributed by atoms with E-state index in [2.05, 4.69) is 29.3 Å². The van der Waals surface area contributed by atoms with Crippen LogP contribution in [-0.4, -0.2) is 50.5 Å². The van der Waals surface area contributed by atoms with Crippen molar-refractivity contribution in [1.82, 2.24) is 25.3 Å². The molecule has 2 rings (SSSR count). The molecular weight excluding hydrogens is 274 g/mol. The van der Waals surface area contributed by atoms with Crippen LogP contribution in [0.3, 0.4) is 0 Å². The summed E-state index contributed by atoms with van der Waals surface area (Å²) in [7, 11) is 1.95. The van der Waals surface area contributed by atoms with Gasteiger partial charge in [-0.2, -0.15) is 4.98 Å². The van der Waals surface area contributed by atoms with Gasteiger partial charge in [0.1, 0.15) is 5.54 Å². The summed E-state index contributed by atoms with van der Waals surface area (Å²) in [6.45, 7) is 7.98. The molecule has 21 heavy (non-hydrogen) atoms. The van der Waals surface area contributed by atoms with Gasteiger partial charge in [-0.05, 0) is 34.7 Å². The highest BCUT2D eigenvalue weighted by Crippen LogP contribution is 2.18. The molecule has 0 aliphatic carbocycles. The van der Waals surface area contributed by atoms with Crippen LogP contribution in [0.1, 0.15) is 39.4 Å². The predicted octanol–water partition coefficient (Wildman–Crippen LogP) is 0.740. The predicted molar refractivity (Wildman–Crippen MR) is 74.1 cm³/mol. The van der Waals surface area contributed by atoms with E-state index < -0.39 is 11.6 Å². The minimum Gasteiger partial charge on any atom is -0.338 e. The van der Waals surface area contributed by atoms with E-state index in [1.165, 1.54) is 0 Å². The second-order valence-corrected chi connectivity index (χ2v) is 6.06. The number of rotatable bonds is 5. The van der Waals surface area contributed by atoms with Crippen molar-refractivity contribution in [2.45, 2.75) is 52.4 Å². The van der Waals surface area contributed by atoms with Crippen LogP contribution in [0, 0.1) is 0 Å². The lowest BCUT2D eigenvalue weighted by Crippen LogP contribution is -2.40. The Hall–Kier alpha value is -1.96. The Kier molecular flexibility index (Phi) is 3.99. The molecule has 116 valence electrons. The quantitative estimate of drug-likeness (QED) is 0.806. The van der Waals surface area contributed by atoms with Gasteiger partial charge < -0.3 is 9.84 Å². The Balaban J connectivity index is 2.03. The van der Waals surface area contributed by atoms with Crippen LogP contribution in [0.5, 0.6) is 0 Å². The summed E-state index contributed by atoms with van der Waals surface area (Å²) in [5.41, 5.74) is -0.887. The zero-order valence-corrected chi connectivity index (χ0v) is 13.0. The van der Waals surface area contributed by atoms with Crippen LogP contribution >= 0.6 is 0 Å². The van der Waals surface area contributed by atoms with Crippen molar-refractivity contribution in [3.63, 3.8) is 0 Å². The van der Waals surface area contributed by atoms with E-state index in [0.717, 1.165) is 4.90 Å². The molecule has 1 aromatic rings. The number of carbonyl (C=O) groups is 2. The number of hydrogen-bond donors (Lipinski definition) is 1. The Bertz CT molecular complexity index is 552. The minimum atomic E-state index is -0.887. The molecule has 1 aromatic heterocycles. The topological polar surface area (TPSA) is 91.6 Å². The van der Waals surface area contributed by atoms with Crippen LogP contribution < -0.4 is 5.32 Å². The molecule has 0 aromatic carbocycles. The molecule has 1 N–H and O–H groups in total. The van der Waals surface area contributed by atoms with E-state index in [9.17, 15) is 9.59 Å². The van der Waals surface area contributed by atoms with Crippen molar-refractivity contribution in [3.8, 4) is 0 Å². The van der Waals surface area contributed by atoms with Gasteiger partial charge in [-0.25, -0.2) is 4.79 Å². The first-order chi connectivity index (χ1) is 9.70. The van der Waals surface area contributed by atoms with E-state index in [-0.39, 0.29) is 12.5 Å². The number of aromatic nitrogens is 2. The highest BCUT2D eigenvalue weighted by atomic mass is 16.5. The van der Waals surface area contributed by atoms with E-state index in [0.29, 0.717) is 24.3 Å². The molecule has 1 saturated heterocycles. The van der Waals surface area contributed by atoms with Crippen molar-refractivity contribution in [2.24, 2.45) is 0 Å². The van der Waals surface area contributed by atoms with Crippen molar-refractivity contribution in [3.05, 3.63) is 11.7 Å². The maximum atomic E-state index is 12.1. The second-order valence-electron chi connectivity index (χ2n) is 6.06. The van der Waals surface area contributed by atoms with Crippen molar-refractivity contribution < 1.29 is 14.1 Å². The Labute approximate surface area is 123 Å². The number of nitrogens with one attached hydrogen (secondary N) is 1. The number of hydrogen-bond acceptors (Lipinski definition) is 6. The zero-order valence-electron chi connectivity index (χ0n) is 13.0. The van der Waals surface area contributed by atoms with Crippen molar-refractivity contribution in [2.75, 3.05) is 7.05 Å². The summed E-state index contributed by atoms with van der Waals surface area (Å²) < 4.78 is 5.15. The third kappa shape index (κ3) is 3.21. The molecule has 1 fully saturated rings. The normalized spacial score (nSPS) is 18.0. The van der Waals surface area contributed by atoms with E-state index in [1.807, 2.05) is 11.9 Å². The Morgan fingerprint density at radius 1 is 1.38 bits per heavy atom. The van der Waals surface area contributed by atoms with Crippen LogP contribution in [0.25, 0.3) is 0 Å². The van der Waals surface area contributed by atoms with E-state index in [1.54, 1.807) is 13.8 Å². The molecule has 0 bridgehead atoms. The average Bonchev–Trinajstić information content (AvgIpc) is 2.88. The van der Waals surface area contributed by atoms with Crippen LogP contribution in [-0.2, 0) is 17.9 Å². The smallest absolute Gasteiger partial charge is 0.325 e. The maximum Gasteiger partial charge on any atom is 0.325 e. The molecule has 0 radical (unpaired) electrons. The van der Waals surface area contributed by atoms with E-state index in [4.69, 9.17) is 4.52 Å². The fourth-order valence-electron chi connectivity index (χ4n) is 1.92. The van der Waals surface area contributed by atoms with Crippen LogP contribution in [0.2, 0.25) is 0 Å². The largest absolute Gasteiger partial charge is 0.338 e. The number of imide groups is 1. The first-order valence-corrected chi connectivity index (χ1v) is 6.86.